The molecule has 0 aliphatic carbocycles. The average Bonchev–Trinajstić information content (AvgIpc) is 2.23. The summed E-state index contributed by atoms with van der Waals surface area (Å²) in [5.74, 6) is -0.151. The smallest absolute Gasteiger partial charge is 0.349 e. The van der Waals surface area contributed by atoms with Crippen molar-refractivity contribution in [3.05, 3.63) is 21.6 Å². The highest BCUT2D eigenvalue weighted by Gasteiger charge is 2.18. The molecule has 17 heavy (non-hydrogen) atoms. The minimum atomic E-state index is -0.630. The van der Waals surface area contributed by atoms with E-state index in [-0.39, 0.29) is 29.6 Å². The lowest BCUT2D eigenvalue weighted by Gasteiger charge is -2.08. The number of rotatable bonds is 6. The molecular formula is C9H12ClN3O4. The Labute approximate surface area is 103 Å². The van der Waals surface area contributed by atoms with E-state index in [1.165, 1.54) is 0 Å². The van der Waals surface area contributed by atoms with Gasteiger partial charge in [-0.3, -0.25) is 10.1 Å². The maximum absolute atomic E-state index is 10.6. The van der Waals surface area contributed by atoms with Gasteiger partial charge in [-0.25, -0.2) is 4.98 Å². The summed E-state index contributed by atoms with van der Waals surface area (Å²) >= 11 is 5.53. The van der Waals surface area contributed by atoms with Crippen LogP contribution in [0, 0.1) is 10.1 Å². The van der Waals surface area contributed by atoms with Crippen molar-refractivity contribution in [1.82, 2.24) is 9.97 Å². The molecule has 1 rings (SSSR count). The van der Waals surface area contributed by atoms with Crippen LogP contribution in [-0.2, 0) is 4.74 Å². The second-order valence-corrected chi connectivity index (χ2v) is 3.69. The Balaban J connectivity index is 2.62. The molecule has 0 aromatic carbocycles. The van der Waals surface area contributed by atoms with Gasteiger partial charge in [0.25, 0.3) is 5.88 Å². The molecule has 7 nitrogen and oxygen atoms in total. The minimum Gasteiger partial charge on any atom is -0.470 e. The Morgan fingerprint density at radius 2 is 2.24 bits per heavy atom. The Bertz CT molecular complexity index is 400. The molecule has 1 aromatic rings. The standard InChI is InChI=1S/C9H12ClN3O4/c1-6(2)16-3-4-17-8-7(13(14)15)5-11-9(10)12-8/h5-6H,3-4H2,1-2H3. The summed E-state index contributed by atoms with van der Waals surface area (Å²) in [6.07, 6.45) is 1.08. The molecule has 0 N–H and O–H groups in total. The Hall–Kier alpha value is -1.47. The molecule has 0 unspecified atom stereocenters. The summed E-state index contributed by atoms with van der Waals surface area (Å²) in [6, 6.07) is 0. The van der Waals surface area contributed by atoms with Gasteiger partial charge in [-0.1, -0.05) is 0 Å². The largest absolute Gasteiger partial charge is 0.470 e. The summed E-state index contributed by atoms with van der Waals surface area (Å²) in [4.78, 5) is 17.2. The number of ether oxygens (including phenoxy) is 2. The van der Waals surface area contributed by atoms with Crippen molar-refractivity contribution in [2.45, 2.75) is 20.0 Å². The van der Waals surface area contributed by atoms with Crippen LogP contribution in [0.4, 0.5) is 5.69 Å². The van der Waals surface area contributed by atoms with Crippen LogP contribution in [0.15, 0.2) is 6.20 Å². The molecule has 0 amide bonds. The lowest BCUT2D eigenvalue weighted by atomic mass is 10.5. The summed E-state index contributed by atoms with van der Waals surface area (Å²) in [7, 11) is 0. The zero-order chi connectivity index (χ0) is 12.8. The van der Waals surface area contributed by atoms with Gasteiger partial charge < -0.3 is 9.47 Å². The second-order valence-electron chi connectivity index (χ2n) is 3.35. The highest BCUT2D eigenvalue weighted by molar-refractivity contribution is 6.28. The fourth-order valence-electron chi connectivity index (χ4n) is 0.993. The van der Waals surface area contributed by atoms with E-state index in [0.29, 0.717) is 6.61 Å². The predicted octanol–water partition coefficient (Wildman–Crippen LogP) is 1.84. The van der Waals surface area contributed by atoms with Crippen molar-refractivity contribution in [1.29, 1.82) is 0 Å². The Morgan fingerprint density at radius 3 is 2.82 bits per heavy atom. The number of hydrogen-bond acceptors (Lipinski definition) is 6. The van der Waals surface area contributed by atoms with Crippen LogP contribution in [0.3, 0.4) is 0 Å². The summed E-state index contributed by atoms with van der Waals surface area (Å²) < 4.78 is 10.4. The van der Waals surface area contributed by atoms with Gasteiger partial charge in [-0.15, -0.1) is 0 Å². The normalized spacial score (nSPS) is 10.6. The molecule has 1 aromatic heterocycles. The van der Waals surface area contributed by atoms with E-state index >= 15 is 0 Å². The average molecular weight is 262 g/mol. The zero-order valence-corrected chi connectivity index (χ0v) is 10.2. The predicted molar refractivity (Wildman–Crippen MR) is 60.3 cm³/mol. The van der Waals surface area contributed by atoms with Crippen molar-refractivity contribution in [2.75, 3.05) is 13.2 Å². The van der Waals surface area contributed by atoms with Crippen molar-refractivity contribution < 1.29 is 14.4 Å². The Morgan fingerprint density at radius 1 is 1.53 bits per heavy atom. The molecule has 0 spiro atoms. The molecule has 94 valence electrons. The molecule has 8 heteroatoms. The van der Waals surface area contributed by atoms with Crippen LogP contribution in [0.2, 0.25) is 5.28 Å². The third-order valence-corrected chi connectivity index (χ3v) is 1.86. The summed E-state index contributed by atoms with van der Waals surface area (Å²) in [6.45, 7) is 4.23. The maximum atomic E-state index is 10.6. The van der Waals surface area contributed by atoms with Crippen molar-refractivity contribution in [3.63, 3.8) is 0 Å². The van der Waals surface area contributed by atoms with E-state index in [0.717, 1.165) is 6.20 Å². The molecule has 0 fully saturated rings. The Kier molecular flexibility index (Phi) is 5.05. The van der Waals surface area contributed by atoms with Gasteiger partial charge in [-0.05, 0) is 25.4 Å². The number of halogens is 1. The number of nitro groups is 1. The first-order valence-electron chi connectivity index (χ1n) is 4.92. The molecular weight excluding hydrogens is 250 g/mol. The fourth-order valence-corrected chi connectivity index (χ4v) is 1.12. The van der Waals surface area contributed by atoms with E-state index in [2.05, 4.69) is 9.97 Å². The van der Waals surface area contributed by atoms with Gasteiger partial charge in [0.1, 0.15) is 12.8 Å². The fraction of sp³-hybridized carbons (Fsp3) is 0.556. The molecule has 0 saturated heterocycles. The molecule has 0 bridgehead atoms. The number of aromatic nitrogens is 2. The molecule has 0 saturated carbocycles. The van der Waals surface area contributed by atoms with Crippen LogP contribution in [0.5, 0.6) is 5.88 Å². The summed E-state index contributed by atoms with van der Waals surface area (Å²) in [5, 5.41) is 10.5. The van der Waals surface area contributed by atoms with Crippen LogP contribution >= 0.6 is 11.6 Å². The highest BCUT2D eigenvalue weighted by Crippen LogP contribution is 2.24. The van der Waals surface area contributed by atoms with Gasteiger partial charge in [0.2, 0.25) is 5.28 Å². The first kappa shape index (κ1) is 13.6. The molecule has 0 aliphatic rings. The minimum absolute atomic E-state index is 0.0718. The van der Waals surface area contributed by atoms with E-state index < -0.39 is 4.92 Å². The number of hydrogen-bond donors (Lipinski definition) is 0. The van der Waals surface area contributed by atoms with Gasteiger partial charge in [-0.2, -0.15) is 4.98 Å². The zero-order valence-electron chi connectivity index (χ0n) is 9.42. The van der Waals surface area contributed by atoms with Crippen molar-refractivity contribution in [2.24, 2.45) is 0 Å². The van der Waals surface area contributed by atoms with Crippen LogP contribution < -0.4 is 4.74 Å². The maximum Gasteiger partial charge on any atom is 0.349 e. The van der Waals surface area contributed by atoms with E-state index in [1.54, 1.807) is 0 Å². The monoisotopic (exact) mass is 261 g/mol. The lowest BCUT2D eigenvalue weighted by Crippen LogP contribution is -2.12. The van der Waals surface area contributed by atoms with Gasteiger partial charge in [0.05, 0.1) is 17.6 Å². The van der Waals surface area contributed by atoms with Gasteiger partial charge in [0.15, 0.2) is 0 Å². The van der Waals surface area contributed by atoms with Crippen LogP contribution in [-0.4, -0.2) is 34.2 Å². The lowest BCUT2D eigenvalue weighted by molar-refractivity contribution is -0.386. The molecule has 0 atom stereocenters. The van der Waals surface area contributed by atoms with Crippen LogP contribution in [0.1, 0.15) is 13.8 Å². The first-order chi connectivity index (χ1) is 8.00. The third-order valence-electron chi connectivity index (χ3n) is 1.68. The number of nitrogens with zero attached hydrogens (tertiary/aromatic N) is 3. The van der Waals surface area contributed by atoms with Gasteiger partial charge in [0, 0.05) is 0 Å². The van der Waals surface area contributed by atoms with E-state index in [9.17, 15) is 10.1 Å². The topological polar surface area (TPSA) is 87.4 Å². The van der Waals surface area contributed by atoms with Gasteiger partial charge >= 0.3 is 5.69 Å². The summed E-state index contributed by atoms with van der Waals surface area (Å²) in [5.41, 5.74) is -0.320. The third kappa shape index (κ3) is 4.49. The van der Waals surface area contributed by atoms with Crippen molar-refractivity contribution >= 4 is 17.3 Å². The molecule has 1 heterocycles. The molecule has 0 aliphatic heterocycles. The van der Waals surface area contributed by atoms with E-state index in [4.69, 9.17) is 21.1 Å². The van der Waals surface area contributed by atoms with Crippen molar-refractivity contribution in [3.8, 4) is 5.88 Å². The SMILES string of the molecule is CC(C)OCCOc1nc(Cl)ncc1[N+](=O)[O-]. The first-order valence-corrected chi connectivity index (χ1v) is 5.30. The quantitative estimate of drug-likeness (QED) is 0.336. The van der Waals surface area contributed by atoms with E-state index in [1.807, 2.05) is 13.8 Å². The molecule has 0 radical (unpaired) electrons. The second kappa shape index (κ2) is 6.31. The van der Waals surface area contributed by atoms with Crippen LogP contribution in [0.25, 0.3) is 0 Å². The highest BCUT2D eigenvalue weighted by atomic mass is 35.5.